The van der Waals surface area contributed by atoms with Gasteiger partial charge in [-0.25, -0.2) is 4.98 Å². The summed E-state index contributed by atoms with van der Waals surface area (Å²) in [6.07, 6.45) is 2.34. The topological polar surface area (TPSA) is 17.8 Å². The second-order valence-corrected chi connectivity index (χ2v) is 6.38. The molecule has 1 aliphatic heterocycles. The number of thioether (sulfide) groups is 1. The van der Waals surface area contributed by atoms with Gasteiger partial charge >= 0.3 is 0 Å². The van der Waals surface area contributed by atoms with Crippen LogP contribution in [0.25, 0.3) is 11.0 Å². The van der Waals surface area contributed by atoms with Crippen molar-refractivity contribution in [3.05, 3.63) is 29.0 Å². The zero-order valence-electron chi connectivity index (χ0n) is 9.90. The van der Waals surface area contributed by atoms with E-state index in [0.29, 0.717) is 11.9 Å². The maximum Gasteiger partial charge on any atom is 0.125 e. The molecule has 3 rings (SSSR count). The molecule has 0 bridgehead atoms. The summed E-state index contributed by atoms with van der Waals surface area (Å²) >= 11 is 14.4. The SMILES string of the molecule is ClCc1nc2cccc(Cl)c2n1C1CCSCC1. The van der Waals surface area contributed by atoms with Crippen molar-refractivity contribution in [3.8, 4) is 0 Å². The third-order valence-electron chi connectivity index (χ3n) is 3.41. The maximum atomic E-state index is 6.34. The molecule has 0 spiro atoms. The summed E-state index contributed by atoms with van der Waals surface area (Å²) in [7, 11) is 0. The fraction of sp³-hybridized carbons (Fsp3) is 0.462. The number of hydrogen-bond acceptors (Lipinski definition) is 2. The number of para-hydroxylation sites is 1. The average molecular weight is 301 g/mol. The van der Waals surface area contributed by atoms with E-state index in [9.17, 15) is 0 Å². The highest BCUT2D eigenvalue weighted by atomic mass is 35.5. The van der Waals surface area contributed by atoms with E-state index in [1.807, 2.05) is 30.0 Å². The van der Waals surface area contributed by atoms with E-state index in [1.54, 1.807) is 0 Å². The van der Waals surface area contributed by atoms with Crippen LogP contribution < -0.4 is 0 Å². The van der Waals surface area contributed by atoms with Crippen LogP contribution in [-0.2, 0) is 5.88 Å². The zero-order valence-corrected chi connectivity index (χ0v) is 12.2. The van der Waals surface area contributed by atoms with E-state index in [1.165, 1.54) is 24.3 Å². The molecule has 5 heteroatoms. The lowest BCUT2D eigenvalue weighted by atomic mass is 10.1. The Balaban J connectivity index is 2.17. The van der Waals surface area contributed by atoms with Gasteiger partial charge in [-0.05, 0) is 36.5 Å². The maximum absolute atomic E-state index is 6.34. The van der Waals surface area contributed by atoms with Gasteiger partial charge in [-0.1, -0.05) is 17.7 Å². The third-order valence-corrected chi connectivity index (χ3v) is 5.00. The van der Waals surface area contributed by atoms with Crippen molar-refractivity contribution in [1.29, 1.82) is 0 Å². The Kier molecular flexibility index (Phi) is 3.73. The smallest absolute Gasteiger partial charge is 0.125 e. The highest BCUT2D eigenvalue weighted by Crippen LogP contribution is 2.34. The molecule has 0 unspecified atom stereocenters. The lowest BCUT2D eigenvalue weighted by molar-refractivity contribution is 0.470. The molecule has 0 atom stereocenters. The number of halogens is 2. The van der Waals surface area contributed by atoms with Gasteiger partial charge in [0.2, 0.25) is 0 Å². The first-order chi connectivity index (χ1) is 8.81. The van der Waals surface area contributed by atoms with Crippen LogP contribution in [0.2, 0.25) is 5.02 Å². The first kappa shape index (κ1) is 12.6. The van der Waals surface area contributed by atoms with Gasteiger partial charge in [0.05, 0.1) is 21.9 Å². The molecule has 0 amide bonds. The van der Waals surface area contributed by atoms with Crippen molar-refractivity contribution < 1.29 is 0 Å². The Hall–Kier alpha value is -0.380. The minimum atomic E-state index is 0.439. The van der Waals surface area contributed by atoms with E-state index in [-0.39, 0.29) is 0 Å². The van der Waals surface area contributed by atoms with Gasteiger partial charge in [0, 0.05) is 6.04 Å². The standard InChI is InChI=1S/C13H14Cl2N2S/c14-8-12-16-11-3-1-2-10(15)13(11)17(12)9-4-6-18-7-5-9/h1-3,9H,4-8H2. The van der Waals surface area contributed by atoms with Crippen molar-refractivity contribution in [2.75, 3.05) is 11.5 Å². The molecule has 0 radical (unpaired) electrons. The predicted octanol–water partition coefficient (Wildman–Crippen LogP) is 4.50. The van der Waals surface area contributed by atoms with E-state index in [4.69, 9.17) is 23.2 Å². The molecule has 1 fully saturated rings. The van der Waals surface area contributed by atoms with Crippen LogP contribution in [0.15, 0.2) is 18.2 Å². The van der Waals surface area contributed by atoms with Gasteiger partial charge in [-0.3, -0.25) is 0 Å². The van der Waals surface area contributed by atoms with Crippen LogP contribution in [0.1, 0.15) is 24.7 Å². The largest absolute Gasteiger partial charge is 0.323 e. The monoisotopic (exact) mass is 300 g/mol. The van der Waals surface area contributed by atoms with Crippen molar-refractivity contribution >= 4 is 46.0 Å². The Bertz CT molecular complexity index is 561. The van der Waals surface area contributed by atoms with E-state index >= 15 is 0 Å². The number of nitrogens with zero attached hydrogens (tertiary/aromatic N) is 2. The zero-order chi connectivity index (χ0) is 12.5. The van der Waals surface area contributed by atoms with Crippen LogP contribution in [-0.4, -0.2) is 21.1 Å². The van der Waals surface area contributed by atoms with Gasteiger partial charge < -0.3 is 4.57 Å². The normalized spacial score (nSPS) is 17.4. The number of aromatic nitrogens is 2. The second-order valence-electron chi connectivity index (χ2n) is 4.48. The molecular formula is C13H14Cl2N2S. The molecule has 2 aromatic rings. The first-order valence-corrected chi connectivity index (χ1v) is 8.17. The van der Waals surface area contributed by atoms with Crippen LogP contribution >= 0.6 is 35.0 Å². The van der Waals surface area contributed by atoms with E-state index < -0.39 is 0 Å². The van der Waals surface area contributed by atoms with Crippen molar-refractivity contribution in [2.45, 2.75) is 24.8 Å². The molecule has 1 saturated heterocycles. The Morgan fingerprint density at radius 3 is 2.83 bits per heavy atom. The summed E-state index contributed by atoms with van der Waals surface area (Å²) in [5, 5.41) is 0.773. The fourth-order valence-corrected chi connectivity index (χ4v) is 4.12. The molecule has 0 aliphatic carbocycles. The summed E-state index contributed by atoms with van der Waals surface area (Å²) in [6, 6.07) is 6.37. The molecule has 1 aromatic carbocycles. The summed E-state index contributed by atoms with van der Waals surface area (Å²) < 4.78 is 2.27. The number of fused-ring (bicyclic) bond motifs is 1. The highest BCUT2D eigenvalue weighted by molar-refractivity contribution is 7.99. The molecule has 0 saturated carbocycles. The van der Waals surface area contributed by atoms with E-state index in [0.717, 1.165) is 21.9 Å². The Morgan fingerprint density at radius 1 is 1.33 bits per heavy atom. The number of rotatable bonds is 2. The minimum Gasteiger partial charge on any atom is -0.323 e. The quantitative estimate of drug-likeness (QED) is 0.760. The molecule has 2 heterocycles. The average Bonchev–Trinajstić information content (AvgIpc) is 2.79. The van der Waals surface area contributed by atoms with Crippen LogP contribution in [0.4, 0.5) is 0 Å². The second kappa shape index (κ2) is 5.32. The van der Waals surface area contributed by atoms with Crippen LogP contribution in [0, 0.1) is 0 Å². The van der Waals surface area contributed by atoms with Gasteiger partial charge in [0.25, 0.3) is 0 Å². The van der Waals surface area contributed by atoms with Crippen LogP contribution in [0.3, 0.4) is 0 Å². The number of alkyl halides is 1. The van der Waals surface area contributed by atoms with Crippen molar-refractivity contribution in [3.63, 3.8) is 0 Å². The third kappa shape index (κ3) is 2.13. The molecular weight excluding hydrogens is 287 g/mol. The van der Waals surface area contributed by atoms with Crippen molar-refractivity contribution in [1.82, 2.24) is 9.55 Å². The Morgan fingerprint density at radius 2 is 2.11 bits per heavy atom. The Labute approximate surface area is 121 Å². The molecule has 96 valence electrons. The van der Waals surface area contributed by atoms with Crippen molar-refractivity contribution in [2.24, 2.45) is 0 Å². The van der Waals surface area contributed by atoms with Gasteiger partial charge in [0.1, 0.15) is 5.82 Å². The van der Waals surface area contributed by atoms with Gasteiger partial charge in [-0.15, -0.1) is 11.6 Å². The molecule has 18 heavy (non-hydrogen) atoms. The fourth-order valence-electron chi connectivity index (χ4n) is 2.59. The summed E-state index contributed by atoms with van der Waals surface area (Å²) in [6.45, 7) is 0. The number of hydrogen-bond donors (Lipinski definition) is 0. The lowest BCUT2D eigenvalue weighted by Gasteiger charge is -2.25. The lowest BCUT2D eigenvalue weighted by Crippen LogP contribution is -2.17. The summed E-state index contributed by atoms with van der Waals surface area (Å²) in [5.74, 6) is 3.79. The predicted molar refractivity (Wildman–Crippen MR) is 79.9 cm³/mol. The van der Waals surface area contributed by atoms with Gasteiger partial charge in [0.15, 0.2) is 0 Å². The van der Waals surface area contributed by atoms with Gasteiger partial charge in [-0.2, -0.15) is 11.8 Å². The number of benzene rings is 1. The molecule has 1 aromatic heterocycles. The molecule has 2 nitrogen and oxygen atoms in total. The number of imidazole rings is 1. The molecule has 1 aliphatic rings. The summed E-state index contributed by atoms with van der Waals surface area (Å²) in [5.41, 5.74) is 2.00. The van der Waals surface area contributed by atoms with E-state index in [2.05, 4.69) is 9.55 Å². The van der Waals surface area contributed by atoms with Crippen LogP contribution in [0.5, 0.6) is 0 Å². The minimum absolute atomic E-state index is 0.439. The highest BCUT2D eigenvalue weighted by Gasteiger charge is 2.22. The first-order valence-electron chi connectivity index (χ1n) is 6.10. The molecule has 0 N–H and O–H groups in total. The summed E-state index contributed by atoms with van der Waals surface area (Å²) in [4.78, 5) is 4.61.